The Balaban J connectivity index is 0. The van der Waals surface area contributed by atoms with Gasteiger partial charge in [0.05, 0.1) is 0 Å². The average Bonchev–Trinajstić information content (AvgIpc) is 2.31. The van der Waals surface area contributed by atoms with E-state index in [2.05, 4.69) is 10.1 Å². The number of hydrogen-bond acceptors (Lipinski definition) is 1. The Bertz CT molecular complexity index is 454. The number of allylic oxidation sites excluding steroid dienone is 2. The molecule has 0 aliphatic heterocycles. The molecule has 0 spiro atoms. The molecule has 1 aliphatic carbocycles. The maximum absolute atomic E-state index is 8.80. The minimum Gasteiger partial charge on any atom is -1.00 e. The van der Waals surface area contributed by atoms with Crippen LogP contribution in [0.3, 0.4) is 0 Å². The average molecular weight is 334 g/mol. The van der Waals surface area contributed by atoms with Crippen LogP contribution in [0.5, 0.6) is 0 Å². The summed E-state index contributed by atoms with van der Waals surface area (Å²) in [5.74, 6) is 0. The third-order valence-electron chi connectivity index (χ3n) is 2.21. The molecule has 0 aromatic heterocycles. The summed E-state index contributed by atoms with van der Waals surface area (Å²) in [6, 6.07) is 9.76. The number of rotatable bonds is 2. The van der Waals surface area contributed by atoms with Gasteiger partial charge in [0, 0.05) is 11.8 Å². The first-order chi connectivity index (χ1) is 7.40. The van der Waals surface area contributed by atoms with Crippen molar-refractivity contribution in [2.45, 2.75) is 6.04 Å². The predicted molar refractivity (Wildman–Crippen MR) is 60.8 cm³/mol. The first-order valence-electron chi connectivity index (χ1n) is 4.78. The van der Waals surface area contributed by atoms with Gasteiger partial charge in [-0.15, -0.1) is 0 Å². The SMILES string of the molecule is [Cl-].[Cl-].[N-]=[N+]=C1C=CC=CC1Nc1ccccc1.[Zn+2]. The minimum absolute atomic E-state index is 0. The van der Waals surface area contributed by atoms with Gasteiger partial charge in [-0.2, -0.15) is 4.79 Å². The molecule has 1 unspecified atom stereocenters. The maximum Gasteiger partial charge on any atom is 2.00 e. The van der Waals surface area contributed by atoms with Gasteiger partial charge in [0.2, 0.25) is 0 Å². The summed E-state index contributed by atoms with van der Waals surface area (Å²) >= 11 is 0. The first-order valence-corrected chi connectivity index (χ1v) is 4.78. The van der Waals surface area contributed by atoms with E-state index < -0.39 is 0 Å². The van der Waals surface area contributed by atoms with Crippen molar-refractivity contribution in [3.63, 3.8) is 0 Å². The van der Waals surface area contributed by atoms with Gasteiger partial charge in [0.1, 0.15) is 6.04 Å². The molecule has 90 valence electrons. The molecule has 1 aromatic rings. The van der Waals surface area contributed by atoms with Gasteiger partial charge in [0.25, 0.3) is 0 Å². The molecule has 0 bridgehead atoms. The molecule has 3 nitrogen and oxygen atoms in total. The zero-order chi connectivity index (χ0) is 10.5. The molecule has 18 heavy (non-hydrogen) atoms. The Kier molecular flexibility index (Phi) is 10.8. The summed E-state index contributed by atoms with van der Waals surface area (Å²) in [6.07, 6.45) is 7.50. The van der Waals surface area contributed by atoms with Gasteiger partial charge >= 0.3 is 25.2 Å². The molecule has 6 heteroatoms. The van der Waals surface area contributed by atoms with Crippen molar-refractivity contribution in [2.75, 3.05) is 5.32 Å². The Hall–Kier alpha value is -0.917. The molecule has 2 rings (SSSR count). The number of halogens is 2. The van der Waals surface area contributed by atoms with Crippen molar-refractivity contribution in [1.82, 2.24) is 0 Å². The van der Waals surface area contributed by atoms with Crippen molar-refractivity contribution in [2.24, 2.45) is 0 Å². The quantitative estimate of drug-likeness (QED) is 0.338. The molecule has 0 amide bonds. The maximum atomic E-state index is 8.80. The molecule has 0 saturated carbocycles. The van der Waals surface area contributed by atoms with Crippen LogP contribution in [0.2, 0.25) is 0 Å². The summed E-state index contributed by atoms with van der Waals surface area (Å²) in [7, 11) is 0. The zero-order valence-electron chi connectivity index (χ0n) is 9.63. The van der Waals surface area contributed by atoms with Crippen LogP contribution in [0.1, 0.15) is 0 Å². The standard InChI is InChI=1S/C12H11N3.2ClH.Zn/c13-15-12-9-5-4-8-11(12)14-10-6-2-1-3-7-10;;;/h1-9,11,14H;2*1H;/q;;;+2/p-2. The summed E-state index contributed by atoms with van der Waals surface area (Å²) < 4.78 is 0. The van der Waals surface area contributed by atoms with Crippen molar-refractivity contribution in [3.8, 4) is 0 Å². The zero-order valence-corrected chi connectivity index (χ0v) is 14.1. The number of para-hydroxylation sites is 1. The van der Waals surface area contributed by atoms with Crippen LogP contribution in [0.25, 0.3) is 5.53 Å². The summed E-state index contributed by atoms with van der Waals surface area (Å²) in [4.78, 5) is 3.24. The number of anilines is 1. The molecule has 0 saturated heterocycles. The Morgan fingerprint density at radius 1 is 1.06 bits per heavy atom. The predicted octanol–water partition coefficient (Wildman–Crippen LogP) is -3.73. The smallest absolute Gasteiger partial charge is 1.00 e. The fourth-order valence-electron chi connectivity index (χ4n) is 1.46. The number of nitrogens with one attached hydrogen (secondary N) is 1. The van der Waals surface area contributed by atoms with Crippen LogP contribution < -0.4 is 30.1 Å². The molecular formula is C12H11Cl2N3Zn. The van der Waals surface area contributed by atoms with E-state index >= 15 is 0 Å². The second kappa shape index (κ2) is 10.0. The van der Waals surface area contributed by atoms with E-state index in [0.717, 1.165) is 5.69 Å². The van der Waals surface area contributed by atoms with Crippen molar-refractivity contribution in [3.05, 3.63) is 60.2 Å². The Labute approximate surface area is 132 Å². The molecule has 0 fully saturated rings. The van der Waals surface area contributed by atoms with E-state index in [1.54, 1.807) is 6.08 Å². The fourth-order valence-corrected chi connectivity index (χ4v) is 1.46. The van der Waals surface area contributed by atoms with Crippen molar-refractivity contribution < 1.29 is 49.1 Å². The normalized spacial score (nSPS) is 15.6. The summed E-state index contributed by atoms with van der Waals surface area (Å²) in [5.41, 5.74) is 10.4. The second-order valence-electron chi connectivity index (χ2n) is 3.26. The molecule has 1 N–H and O–H groups in total. The van der Waals surface area contributed by atoms with E-state index in [9.17, 15) is 0 Å². The van der Waals surface area contributed by atoms with Crippen LogP contribution in [-0.2, 0) is 19.5 Å². The van der Waals surface area contributed by atoms with Gasteiger partial charge in [-0.25, -0.2) is 0 Å². The van der Waals surface area contributed by atoms with Gasteiger partial charge in [-0.05, 0) is 12.1 Å². The molecule has 0 radical (unpaired) electrons. The van der Waals surface area contributed by atoms with Gasteiger partial charge in [0.15, 0.2) is 0 Å². The Morgan fingerprint density at radius 2 is 1.72 bits per heavy atom. The van der Waals surface area contributed by atoms with Crippen LogP contribution in [-0.4, -0.2) is 16.5 Å². The minimum atomic E-state index is -0.0672. The molecule has 1 aliphatic rings. The van der Waals surface area contributed by atoms with E-state index in [1.165, 1.54) is 0 Å². The number of hydrogen-bond donors (Lipinski definition) is 1. The molecular weight excluding hydrogens is 322 g/mol. The van der Waals surface area contributed by atoms with Crippen LogP contribution in [0.15, 0.2) is 54.6 Å². The Morgan fingerprint density at radius 3 is 2.33 bits per heavy atom. The van der Waals surface area contributed by atoms with E-state index in [4.69, 9.17) is 5.53 Å². The van der Waals surface area contributed by atoms with Crippen molar-refractivity contribution >= 4 is 11.4 Å². The van der Waals surface area contributed by atoms with E-state index in [1.807, 2.05) is 48.6 Å². The van der Waals surface area contributed by atoms with Crippen molar-refractivity contribution in [1.29, 1.82) is 0 Å². The van der Waals surface area contributed by atoms with Crippen LogP contribution in [0.4, 0.5) is 5.69 Å². The van der Waals surface area contributed by atoms with Gasteiger partial charge in [-0.3, -0.25) is 0 Å². The number of nitrogens with zero attached hydrogens (tertiary/aromatic N) is 2. The third kappa shape index (κ3) is 5.16. The molecule has 1 aromatic carbocycles. The van der Waals surface area contributed by atoms with E-state index in [0.29, 0.717) is 5.71 Å². The summed E-state index contributed by atoms with van der Waals surface area (Å²) in [5, 5.41) is 3.25. The second-order valence-corrected chi connectivity index (χ2v) is 3.26. The fraction of sp³-hybridized carbons (Fsp3) is 0.0833. The first kappa shape index (κ1) is 19.4. The monoisotopic (exact) mass is 331 g/mol. The van der Waals surface area contributed by atoms with Gasteiger partial charge < -0.3 is 35.7 Å². The molecule has 0 heterocycles. The van der Waals surface area contributed by atoms with Crippen LogP contribution in [0, 0.1) is 0 Å². The van der Waals surface area contributed by atoms with Crippen LogP contribution >= 0.6 is 0 Å². The largest absolute Gasteiger partial charge is 2.00 e. The molecule has 1 atom stereocenters. The number of benzene rings is 1. The summed E-state index contributed by atoms with van der Waals surface area (Å²) in [6.45, 7) is 0. The van der Waals surface area contributed by atoms with Gasteiger partial charge in [-0.1, -0.05) is 36.4 Å². The topological polar surface area (TPSA) is 48.4 Å². The van der Waals surface area contributed by atoms with E-state index in [-0.39, 0.29) is 50.3 Å². The third-order valence-corrected chi connectivity index (χ3v) is 2.21.